The van der Waals surface area contributed by atoms with E-state index in [9.17, 15) is 9.59 Å². The van der Waals surface area contributed by atoms with Crippen molar-refractivity contribution in [2.24, 2.45) is 5.92 Å². The summed E-state index contributed by atoms with van der Waals surface area (Å²) < 4.78 is 0. The average molecular weight is 342 g/mol. The summed E-state index contributed by atoms with van der Waals surface area (Å²) in [5.41, 5.74) is -0.0111. The van der Waals surface area contributed by atoms with Gasteiger partial charge in [0.1, 0.15) is 0 Å². The van der Waals surface area contributed by atoms with Crippen LogP contribution in [0.1, 0.15) is 46.5 Å². The Kier molecular flexibility index (Phi) is 6.77. The van der Waals surface area contributed by atoms with Crippen molar-refractivity contribution in [1.82, 2.24) is 15.1 Å². The van der Waals surface area contributed by atoms with Crippen molar-refractivity contribution in [1.29, 1.82) is 0 Å². The summed E-state index contributed by atoms with van der Waals surface area (Å²) >= 11 is 1.34. The van der Waals surface area contributed by atoms with E-state index in [4.69, 9.17) is 0 Å². The smallest absolute Gasteiger partial charge is 0.281 e. The minimum atomic E-state index is -0.0111. The summed E-state index contributed by atoms with van der Waals surface area (Å²) in [4.78, 5) is 27.9. The third-order valence-corrected chi connectivity index (χ3v) is 6.02. The standard InChI is InChI=1S/C17H31N3O2S/c1-4-14-6-5-8-20(12-14)17(2,3)13-18-15(21)7-9-19-10-11-23-16(19)22/h14H,4-13H2,1-3H3,(H,18,21)/t14-/m1/s1. The minimum Gasteiger partial charge on any atom is -0.354 e. The van der Waals surface area contributed by atoms with Crippen LogP contribution in [0, 0.1) is 5.92 Å². The molecule has 0 unspecified atom stereocenters. The van der Waals surface area contributed by atoms with E-state index in [1.807, 2.05) is 0 Å². The maximum Gasteiger partial charge on any atom is 0.281 e. The Bertz CT molecular complexity index is 428. The average Bonchev–Trinajstić information content (AvgIpc) is 2.96. The molecule has 1 atom stereocenters. The first kappa shape index (κ1) is 18.6. The van der Waals surface area contributed by atoms with Crippen molar-refractivity contribution in [2.45, 2.75) is 52.0 Å². The largest absolute Gasteiger partial charge is 0.354 e. The highest BCUT2D eigenvalue weighted by Gasteiger charge is 2.31. The number of amides is 2. The molecule has 5 nitrogen and oxygen atoms in total. The molecule has 2 saturated heterocycles. The Hall–Kier alpha value is -0.750. The number of thioether (sulfide) groups is 1. The summed E-state index contributed by atoms with van der Waals surface area (Å²) in [6, 6.07) is 0. The van der Waals surface area contributed by atoms with Gasteiger partial charge >= 0.3 is 0 Å². The van der Waals surface area contributed by atoms with Gasteiger partial charge in [0.05, 0.1) is 0 Å². The van der Waals surface area contributed by atoms with Crippen molar-refractivity contribution >= 4 is 22.9 Å². The van der Waals surface area contributed by atoms with Crippen LogP contribution in [0.4, 0.5) is 4.79 Å². The zero-order valence-electron chi connectivity index (χ0n) is 14.8. The van der Waals surface area contributed by atoms with Gasteiger partial charge in [0.2, 0.25) is 5.91 Å². The lowest BCUT2D eigenvalue weighted by Gasteiger charge is -2.43. The van der Waals surface area contributed by atoms with E-state index in [2.05, 4.69) is 31.0 Å². The van der Waals surface area contributed by atoms with Crippen LogP contribution in [0.5, 0.6) is 0 Å². The second kappa shape index (κ2) is 8.38. The lowest BCUT2D eigenvalue weighted by molar-refractivity contribution is -0.121. The van der Waals surface area contributed by atoms with E-state index in [1.165, 1.54) is 31.0 Å². The Labute approximate surface area is 144 Å². The monoisotopic (exact) mass is 341 g/mol. The lowest BCUT2D eigenvalue weighted by atomic mass is 9.91. The molecule has 2 aliphatic heterocycles. The molecule has 0 bridgehead atoms. The third kappa shape index (κ3) is 5.38. The number of hydrogen-bond acceptors (Lipinski definition) is 4. The number of carbonyl (C=O) groups excluding carboxylic acids is 2. The highest BCUT2D eigenvalue weighted by molar-refractivity contribution is 8.13. The van der Waals surface area contributed by atoms with Crippen molar-refractivity contribution < 1.29 is 9.59 Å². The number of nitrogens with zero attached hydrogens (tertiary/aromatic N) is 2. The van der Waals surface area contributed by atoms with Gasteiger partial charge in [-0.15, -0.1) is 0 Å². The van der Waals surface area contributed by atoms with E-state index in [0.29, 0.717) is 19.5 Å². The van der Waals surface area contributed by atoms with Gasteiger partial charge in [-0.05, 0) is 39.2 Å². The Morgan fingerprint density at radius 1 is 1.39 bits per heavy atom. The molecule has 0 radical (unpaired) electrons. The molecule has 0 saturated carbocycles. The molecule has 2 amide bonds. The summed E-state index contributed by atoms with van der Waals surface area (Å²) in [7, 11) is 0. The van der Waals surface area contributed by atoms with Crippen LogP contribution in [0.25, 0.3) is 0 Å². The van der Waals surface area contributed by atoms with E-state index < -0.39 is 0 Å². The number of hydrogen-bond donors (Lipinski definition) is 1. The fourth-order valence-corrected chi connectivity index (χ4v) is 4.18. The highest BCUT2D eigenvalue weighted by Crippen LogP contribution is 2.25. The topological polar surface area (TPSA) is 52.7 Å². The quantitative estimate of drug-likeness (QED) is 0.773. The minimum absolute atomic E-state index is 0.0111. The fourth-order valence-electron chi connectivity index (χ4n) is 3.33. The molecule has 0 aromatic carbocycles. The Morgan fingerprint density at radius 3 is 2.83 bits per heavy atom. The van der Waals surface area contributed by atoms with Gasteiger partial charge in [-0.2, -0.15) is 0 Å². The first-order chi connectivity index (χ1) is 10.9. The second-order valence-electron chi connectivity index (χ2n) is 7.30. The van der Waals surface area contributed by atoms with E-state index in [-0.39, 0.29) is 16.7 Å². The van der Waals surface area contributed by atoms with Gasteiger partial charge < -0.3 is 10.2 Å². The Balaban J connectivity index is 1.72. The molecule has 0 aliphatic carbocycles. The third-order valence-electron chi connectivity index (χ3n) is 5.12. The molecule has 2 rings (SSSR count). The van der Waals surface area contributed by atoms with Crippen LogP contribution >= 0.6 is 11.8 Å². The molecule has 2 heterocycles. The molecular weight excluding hydrogens is 310 g/mol. The van der Waals surface area contributed by atoms with Gasteiger partial charge in [0, 0.05) is 43.9 Å². The summed E-state index contributed by atoms with van der Waals surface area (Å²) in [5.74, 6) is 1.69. The number of rotatable bonds is 7. The fraction of sp³-hybridized carbons (Fsp3) is 0.882. The summed E-state index contributed by atoms with van der Waals surface area (Å²) in [6.07, 6.45) is 4.22. The zero-order chi connectivity index (χ0) is 16.9. The molecule has 0 spiro atoms. The second-order valence-corrected chi connectivity index (χ2v) is 8.35. The highest BCUT2D eigenvalue weighted by atomic mass is 32.2. The van der Waals surface area contributed by atoms with E-state index >= 15 is 0 Å². The summed E-state index contributed by atoms with van der Waals surface area (Å²) in [6.45, 7) is 10.9. The number of carbonyl (C=O) groups is 2. The molecule has 2 aliphatic rings. The summed E-state index contributed by atoms with van der Waals surface area (Å²) in [5, 5.41) is 3.17. The van der Waals surface area contributed by atoms with Gasteiger partial charge in [-0.3, -0.25) is 14.5 Å². The molecule has 132 valence electrons. The SMILES string of the molecule is CC[C@@H]1CCCN(C(C)(C)CNC(=O)CCN2CCSC2=O)C1. The van der Waals surface area contributed by atoms with Crippen molar-refractivity contribution in [3.05, 3.63) is 0 Å². The number of nitrogens with one attached hydrogen (secondary N) is 1. The Morgan fingerprint density at radius 2 is 2.17 bits per heavy atom. The van der Waals surface area contributed by atoms with Crippen LogP contribution in [-0.2, 0) is 4.79 Å². The van der Waals surface area contributed by atoms with E-state index in [0.717, 1.165) is 31.3 Å². The maximum atomic E-state index is 12.1. The molecule has 0 aromatic rings. The normalized spacial score (nSPS) is 23.3. The van der Waals surface area contributed by atoms with Gasteiger partial charge in [-0.1, -0.05) is 25.1 Å². The lowest BCUT2D eigenvalue weighted by Crippen LogP contribution is -2.55. The maximum absolute atomic E-state index is 12.1. The van der Waals surface area contributed by atoms with Crippen LogP contribution in [0.3, 0.4) is 0 Å². The molecule has 1 N–H and O–H groups in total. The van der Waals surface area contributed by atoms with Crippen molar-refractivity contribution in [3.63, 3.8) is 0 Å². The van der Waals surface area contributed by atoms with Crippen molar-refractivity contribution in [2.75, 3.05) is 38.5 Å². The van der Waals surface area contributed by atoms with Crippen LogP contribution < -0.4 is 5.32 Å². The molecule has 6 heteroatoms. The predicted molar refractivity (Wildman–Crippen MR) is 95.7 cm³/mol. The van der Waals surface area contributed by atoms with Crippen LogP contribution in [0.15, 0.2) is 0 Å². The molecule has 23 heavy (non-hydrogen) atoms. The van der Waals surface area contributed by atoms with E-state index in [1.54, 1.807) is 4.90 Å². The molecular formula is C17H31N3O2S. The molecule has 2 fully saturated rings. The first-order valence-electron chi connectivity index (χ1n) is 8.86. The first-order valence-corrected chi connectivity index (χ1v) is 9.84. The number of piperidine rings is 1. The van der Waals surface area contributed by atoms with Gasteiger partial charge in [-0.25, -0.2) is 0 Å². The van der Waals surface area contributed by atoms with Crippen molar-refractivity contribution in [3.8, 4) is 0 Å². The number of likely N-dealkylation sites (tertiary alicyclic amines) is 1. The zero-order valence-corrected chi connectivity index (χ0v) is 15.6. The van der Waals surface area contributed by atoms with Gasteiger partial charge in [0.15, 0.2) is 0 Å². The predicted octanol–water partition coefficient (Wildman–Crippen LogP) is 2.56. The molecule has 0 aromatic heterocycles. The van der Waals surface area contributed by atoms with Gasteiger partial charge in [0.25, 0.3) is 5.24 Å². The van der Waals surface area contributed by atoms with Crippen LogP contribution in [0.2, 0.25) is 0 Å². The van der Waals surface area contributed by atoms with Crippen LogP contribution in [-0.4, -0.2) is 65.0 Å².